The van der Waals surface area contributed by atoms with Crippen molar-refractivity contribution in [2.24, 2.45) is 0 Å². The second-order valence-corrected chi connectivity index (χ2v) is 3.04. The Labute approximate surface area is 80.3 Å². The van der Waals surface area contributed by atoms with Crippen LogP contribution in [0.3, 0.4) is 0 Å². The second-order valence-electron chi connectivity index (χ2n) is 3.04. The van der Waals surface area contributed by atoms with Crippen LogP contribution in [-0.2, 0) is 4.84 Å². The highest BCUT2D eigenvalue weighted by Gasteiger charge is 2.33. The fourth-order valence-electron chi connectivity index (χ4n) is 1.53. The van der Waals surface area contributed by atoms with Crippen LogP contribution in [0.1, 0.15) is 10.4 Å². The summed E-state index contributed by atoms with van der Waals surface area (Å²) in [4.78, 5) is 16.9. The minimum absolute atomic E-state index is 0.171. The van der Waals surface area contributed by atoms with Gasteiger partial charge >= 0.3 is 0 Å². The molecule has 70 valence electrons. The summed E-state index contributed by atoms with van der Waals surface area (Å²) >= 11 is 0. The van der Waals surface area contributed by atoms with E-state index < -0.39 is 0 Å². The van der Waals surface area contributed by atoms with E-state index in [1.165, 1.54) is 5.06 Å². The maximum absolute atomic E-state index is 11.8. The molecule has 1 aromatic carbocycles. The van der Waals surface area contributed by atoms with Gasteiger partial charge in [-0.15, -0.1) is 5.06 Å². The minimum Gasteiger partial charge on any atom is -0.438 e. The lowest BCUT2D eigenvalue weighted by Crippen LogP contribution is -2.33. The van der Waals surface area contributed by atoms with Gasteiger partial charge in [0, 0.05) is 6.08 Å². The lowest BCUT2D eigenvalue weighted by atomic mass is 10.1. The molecule has 0 N–H and O–H groups in total. The number of fused-ring (bicyclic) bond motifs is 2. The molecule has 0 radical (unpaired) electrons. The van der Waals surface area contributed by atoms with Crippen molar-refractivity contribution in [2.75, 3.05) is 6.61 Å². The van der Waals surface area contributed by atoms with Gasteiger partial charge in [0.1, 0.15) is 5.75 Å². The molecule has 0 spiro atoms. The number of rotatable bonds is 0. The Balaban J connectivity index is 2.15. The molecule has 0 saturated heterocycles. The monoisotopic (exact) mass is 189 g/mol. The highest BCUT2D eigenvalue weighted by molar-refractivity contribution is 5.98. The molecule has 4 nitrogen and oxygen atoms in total. The number of hydrogen-bond donors (Lipinski definition) is 0. The Morgan fingerprint density at radius 3 is 3.07 bits per heavy atom. The van der Waals surface area contributed by atoms with Crippen molar-refractivity contribution in [1.29, 1.82) is 0 Å². The molecule has 1 aromatic rings. The van der Waals surface area contributed by atoms with Crippen LogP contribution in [0.5, 0.6) is 5.75 Å². The van der Waals surface area contributed by atoms with Crippen LogP contribution < -0.4 is 4.74 Å². The summed E-state index contributed by atoms with van der Waals surface area (Å²) in [5.74, 6) is 0.884. The van der Waals surface area contributed by atoms with Gasteiger partial charge in [0.05, 0.1) is 12.2 Å². The van der Waals surface area contributed by atoms with Crippen molar-refractivity contribution in [3.63, 3.8) is 0 Å². The van der Waals surface area contributed by atoms with Crippen LogP contribution in [0.15, 0.2) is 36.2 Å². The zero-order valence-electron chi connectivity index (χ0n) is 7.27. The predicted molar refractivity (Wildman–Crippen MR) is 47.3 cm³/mol. The highest BCUT2D eigenvalue weighted by atomic mass is 16.7. The molecule has 0 unspecified atom stereocenters. The van der Waals surface area contributed by atoms with Crippen molar-refractivity contribution in [1.82, 2.24) is 5.06 Å². The van der Waals surface area contributed by atoms with Crippen molar-refractivity contribution < 1.29 is 14.4 Å². The maximum Gasteiger partial charge on any atom is 0.288 e. The van der Waals surface area contributed by atoms with E-state index in [1.807, 2.05) is 6.07 Å². The molecule has 0 fully saturated rings. The van der Waals surface area contributed by atoms with Gasteiger partial charge in [-0.25, -0.2) is 0 Å². The predicted octanol–water partition coefficient (Wildman–Crippen LogP) is 1.31. The number of amides is 1. The topological polar surface area (TPSA) is 38.8 Å². The number of hydrogen-bond acceptors (Lipinski definition) is 3. The van der Waals surface area contributed by atoms with Crippen molar-refractivity contribution >= 4 is 5.91 Å². The average Bonchev–Trinajstić information content (AvgIpc) is 2.66. The summed E-state index contributed by atoms with van der Waals surface area (Å²) < 4.78 is 5.47. The second kappa shape index (κ2) is 2.59. The summed E-state index contributed by atoms with van der Waals surface area (Å²) in [6, 6.07) is 7.11. The van der Waals surface area contributed by atoms with Gasteiger partial charge < -0.3 is 4.74 Å². The number of carbonyl (C=O) groups is 1. The first-order valence-electron chi connectivity index (χ1n) is 4.31. The molecule has 2 aliphatic rings. The van der Waals surface area contributed by atoms with Gasteiger partial charge in [0.15, 0.2) is 0 Å². The number of nitrogens with zero attached hydrogens (tertiary/aromatic N) is 1. The molecule has 0 aliphatic carbocycles. The first-order chi connectivity index (χ1) is 6.86. The average molecular weight is 189 g/mol. The van der Waals surface area contributed by atoms with Gasteiger partial charge in [-0.05, 0) is 12.1 Å². The summed E-state index contributed by atoms with van der Waals surface area (Å²) in [6.07, 6.45) is 1.73. The van der Waals surface area contributed by atoms with Crippen LogP contribution in [0.25, 0.3) is 0 Å². The molecule has 2 heterocycles. The molecule has 1 amide bonds. The van der Waals surface area contributed by atoms with E-state index in [0.717, 1.165) is 0 Å². The third-order valence-corrected chi connectivity index (χ3v) is 2.18. The van der Waals surface area contributed by atoms with Gasteiger partial charge in [-0.2, -0.15) is 0 Å². The Hall–Kier alpha value is -1.81. The molecule has 0 bridgehead atoms. The van der Waals surface area contributed by atoms with E-state index in [1.54, 1.807) is 24.3 Å². The summed E-state index contributed by atoms with van der Waals surface area (Å²) in [5.41, 5.74) is 0.534. The van der Waals surface area contributed by atoms with E-state index in [2.05, 4.69) is 0 Å². The zero-order chi connectivity index (χ0) is 9.54. The maximum atomic E-state index is 11.8. The van der Waals surface area contributed by atoms with Crippen molar-refractivity contribution in [2.45, 2.75) is 0 Å². The van der Waals surface area contributed by atoms with Crippen LogP contribution in [0.4, 0.5) is 0 Å². The van der Waals surface area contributed by atoms with E-state index >= 15 is 0 Å². The molecule has 3 rings (SSSR count). The summed E-state index contributed by atoms with van der Waals surface area (Å²) in [7, 11) is 0. The number of para-hydroxylation sites is 1. The minimum atomic E-state index is -0.171. The quantitative estimate of drug-likeness (QED) is 0.617. The van der Waals surface area contributed by atoms with E-state index in [9.17, 15) is 4.79 Å². The number of ether oxygens (including phenoxy) is 1. The molecular weight excluding hydrogens is 182 g/mol. The lowest BCUT2D eigenvalue weighted by molar-refractivity contribution is -0.0923. The first-order valence-corrected chi connectivity index (χ1v) is 4.31. The third-order valence-electron chi connectivity index (χ3n) is 2.18. The molecule has 0 saturated carbocycles. The lowest BCUT2D eigenvalue weighted by Gasteiger charge is -2.24. The first kappa shape index (κ1) is 7.58. The van der Waals surface area contributed by atoms with Crippen molar-refractivity contribution in [3.05, 3.63) is 41.8 Å². The molecule has 0 aromatic heterocycles. The Kier molecular flexibility index (Phi) is 1.40. The highest BCUT2D eigenvalue weighted by Crippen LogP contribution is 2.31. The molecule has 14 heavy (non-hydrogen) atoms. The van der Waals surface area contributed by atoms with Gasteiger partial charge in [0.25, 0.3) is 5.91 Å². The molecule has 0 atom stereocenters. The Morgan fingerprint density at radius 1 is 1.29 bits per heavy atom. The molecule has 4 heteroatoms. The third kappa shape index (κ3) is 0.885. The summed E-state index contributed by atoms with van der Waals surface area (Å²) in [5, 5.41) is 1.18. The van der Waals surface area contributed by atoms with Crippen LogP contribution in [0, 0.1) is 0 Å². The fourth-order valence-corrected chi connectivity index (χ4v) is 1.53. The standard InChI is InChI=1S/C10H7NO3/c12-10-7-3-1-2-4-8(7)14-9-5-6-13-11(9)10/h1-5H,6H2. The Morgan fingerprint density at radius 2 is 2.14 bits per heavy atom. The largest absolute Gasteiger partial charge is 0.438 e. The van der Waals surface area contributed by atoms with Crippen LogP contribution >= 0.6 is 0 Å². The van der Waals surface area contributed by atoms with E-state index in [0.29, 0.717) is 23.8 Å². The number of benzene rings is 1. The molecule has 2 aliphatic heterocycles. The molecular formula is C10H7NO3. The number of carbonyl (C=O) groups excluding carboxylic acids is 1. The van der Waals surface area contributed by atoms with Gasteiger partial charge in [0.2, 0.25) is 5.88 Å². The fraction of sp³-hybridized carbons (Fsp3) is 0.100. The zero-order valence-corrected chi connectivity index (χ0v) is 7.27. The van der Waals surface area contributed by atoms with Crippen LogP contribution in [-0.4, -0.2) is 17.6 Å². The summed E-state index contributed by atoms with van der Waals surface area (Å²) in [6.45, 7) is 0.384. The Bertz CT molecular complexity index is 439. The van der Waals surface area contributed by atoms with Crippen molar-refractivity contribution in [3.8, 4) is 5.75 Å². The number of hydroxylamine groups is 2. The van der Waals surface area contributed by atoms with E-state index in [-0.39, 0.29) is 5.91 Å². The van der Waals surface area contributed by atoms with Crippen LogP contribution in [0.2, 0.25) is 0 Å². The normalized spacial score (nSPS) is 18.4. The SMILES string of the molecule is O=C1c2ccccc2OC2=CCON12. The van der Waals surface area contributed by atoms with E-state index in [4.69, 9.17) is 9.57 Å². The van der Waals surface area contributed by atoms with Gasteiger partial charge in [-0.1, -0.05) is 12.1 Å². The van der Waals surface area contributed by atoms with Gasteiger partial charge in [-0.3, -0.25) is 9.63 Å². The smallest absolute Gasteiger partial charge is 0.288 e.